The molecule has 0 spiro atoms. The first-order chi connectivity index (χ1) is 20.4. The van der Waals surface area contributed by atoms with E-state index in [4.69, 9.17) is 0 Å². The molecular formula is C38H46F4. The zero-order valence-electron chi connectivity index (χ0n) is 25.2. The Bertz CT molecular complexity index is 1290. The van der Waals surface area contributed by atoms with Crippen LogP contribution in [0, 0.1) is 29.2 Å². The van der Waals surface area contributed by atoms with Crippen LogP contribution >= 0.6 is 0 Å². The molecule has 0 amide bonds. The van der Waals surface area contributed by atoms with Crippen molar-refractivity contribution in [3.8, 4) is 22.3 Å². The van der Waals surface area contributed by atoms with Gasteiger partial charge in [0.2, 0.25) is 0 Å². The van der Waals surface area contributed by atoms with Crippen LogP contribution in [0.3, 0.4) is 0 Å². The summed E-state index contributed by atoms with van der Waals surface area (Å²) in [6.07, 6.45) is 17.6. The predicted molar refractivity (Wildman–Crippen MR) is 168 cm³/mol. The van der Waals surface area contributed by atoms with Gasteiger partial charge in [0.15, 0.2) is 23.3 Å². The second kappa shape index (κ2) is 16.1. The molecule has 0 aromatic heterocycles. The monoisotopic (exact) mass is 578 g/mol. The molecule has 3 aromatic rings. The fourth-order valence-corrected chi connectivity index (χ4v) is 6.50. The average Bonchev–Trinajstić information content (AvgIpc) is 3.01. The van der Waals surface area contributed by atoms with Crippen molar-refractivity contribution in [2.75, 3.05) is 0 Å². The molecule has 0 nitrogen and oxygen atoms in total. The Hall–Kier alpha value is -2.88. The number of aryl methyl sites for hydroxylation is 1. The molecule has 3 aromatic carbocycles. The molecule has 0 atom stereocenters. The van der Waals surface area contributed by atoms with E-state index >= 15 is 13.2 Å². The van der Waals surface area contributed by atoms with Gasteiger partial charge in [0.05, 0.1) is 0 Å². The highest BCUT2D eigenvalue weighted by molar-refractivity contribution is 5.71. The second-order valence-electron chi connectivity index (χ2n) is 12.1. The van der Waals surface area contributed by atoms with Crippen LogP contribution in [0.15, 0.2) is 61.2 Å². The summed E-state index contributed by atoms with van der Waals surface area (Å²) in [5.74, 6) is -2.61. The molecule has 226 valence electrons. The van der Waals surface area contributed by atoms with Crippen LogP contribution in [0.1, 0.15) is 114 Å². The number of hydrogen-bond acceptors (Lipinski definition) is 0. The number of rotatable bonds is 15. The maximum absolute atomic E-state index is 15.3. The summed E-state index contributed by atoms with van der Waals surface area (Å²) in [6, 6.07) is 13.2. The summed E-state index contributed by atoms with van der Waals surface area (Å²) in [7, 11) is 0. The van der Waals surface area contributed by atoms with E-state index in [-0.39, 0.29) is 17.0 Å². The molecule has 4 rings (SSSR count). The zero-order chi connectivity index (χ0) is 29.9. The van der Waals surface area contributed by atoms with Crippen molar-refractivity contribution in [1.29, 1.82) is 0 Å². The first kappa shape index (κ1) is 32.0. The first-order valence-corrected chi connectivity index (χ1v) is 16.1. The maximum atomic E-state index is 15.3. The highest BCUT2D eigenvalue weighted by atomic mass is 19.2. The van der Waals surface area contributed by atoms with Crippen molar-refractivity contribution in [3.05, 3.63) is 95.6 Å². The summed E-state index contributed by atoms with van der Waals surface area (Å²) in [6.45, 7) is 5.99. The average molecular weight is 579 g/mol. The standard InChI is InChI=1S/C38H46F4/c1-3-5-7-8-9-10-11-12-14-31-23-24-32(36(40)35(31)39)29-19-21-30(22-20-29)34-26-25-33(37(41)38(34)42)28-17-15-27(16-18-28)13-6-4-2/h4,19-28H,2-3,5-18H2,1H3. The van der Waals surface area contributed by atoms with E-state index in [2.05, 4.69) is 13.5 Å². The summed E-state index contributed by atoms with van der Waals surface area (Å²) < 4.78 is 60.4. The minimum atomic E-state index is -0.861. The van der Waals surface area contributed by atoms with Gasteiger partial charge in [0.1, 0.15) is 0 Å². The number of benzene rings is 3. The van der Waals surface area contributed by atoms with Gasteiger partial charge in [-0.25, -0.2) is 17.6 Å². The molecule has 1 saturated carbocycles. The lowest BCUT2D eigenvalue weighted by Gasteiger charge is -2.29. The third-order valence-corrected chi connectivity index (χ3v) is 9.15. The minimum absolute atomic E-state index is 0.0345. The van der Waals surface area contributed by atoms with Gasteiger partial charge >= 0.3 is 0 Å². The Morgan fingerprint density at radius 1 is 0.643 bits per heavy atom. The van der Waals surface area contributed by atoms with Crippen LogP contribution in [-0.4, -0.2) is 0 Å². The Kier molecular flexibility index (Phi) is 12.3. The second-order valence-corrected chi connectivity index (χ2v) is 12.1. The largest absolute Gasteiger partial charge is 0.203 e. The van der Waals surface area contributed by atoms with Gasteiger partial charge < -0.3 is 0 Å². The molecule has 1 fully saturated rings. The van der Waals surface area contributed by atoms with Gasteiger partial charge in [0, 0.05) is 11.1 Å². The minimum Gasteiger partial charge on any atom is -0.203 e. The number of halogens is 4. The van der Waals surface area contributed by atoms with Crippen molar-refractivity contribution in [2.45, 2.75) is 109 Å². The lowest BCUT2D eigenvalue weighted by molar-refractivity contribution is 0.306. The van der Waals surface area contributed by atoms with Crippen LogP contribution in [0.4, 0.5) is 17.6 Å². The maximum Gasteiger partial charge on any atom is 0.166 e. The fraction of sp³-hybridized carbons (Fsp3) is 0.474. The van der Waals surface area contributed by atoms with E-state index < -0.39 is 23.3 Å². The van der Waals surface area contributed by atoms with Crippen LogP contribution < -0.4 is 0 Å². The topological polar surface area (TPSA) is 0 Å². The molecular weight excluding hydrogens is 532 g/mol. The predicted octanol–water partition coefficient (Wildman–Crippen LogP) is 12.5. The van der Waals surface area contributed by atoms with Gasteiger partial charge in [-0.05, 0) is 85.5 Å². The number of hydrogen-bond donors (Lipinski definition) is 0. The third kappa shape index (κ3) is 8.14. The Balaban J connectivity index is 1.38. The van der Waals surface area contributed by atoms with E-state index in [0.717, 1.165) is 57.8 Å². The van der Waals surface area contributed by atoms with E-state index in [0.29, 0.717) is 34.6 Å². The van der Waals surface area contributed by atoms with E-state index in [1.54, 1.807) is 48.5 Å². The SMILES string of the molecule is C=CCCC1CCC(c2ccc(-c3ccc(-c4ccc(CCCCCCCCCC)c(F)c4F)cc3)c(F)c2F)CC1. The quantitative estimate of drug-likeness (QED) is 0.0956. The van der Waals surface area contributed by atoms with E-state index in [9.17, 15) is 4.39 Å². The molecule has 1 aliphatic rings. The molecule has 0 bridgehead atoms. The zero-order valence-corrected chi connectivity index (χ0v) is 25.2. The summed E-state index contributed by atoms with van der Waals surface area (Å²) in [5.41, 5.74) is 2.21. The van der Waals surface area contributed by atoms with Crippen molar-refractivity contribution in [2.24, 2.45) is 5.92 Å². The van der Waals surface area contributed by atoms with E-state index in [1.807, 2.05) is 6.08 Å². The molecule has 0 unspecified atom stereocenters. The summed E-state index contributed by atoms with van der Waals surface area (Å²) in [4.78, 5) is 0. The van der Waals surface area contributed by atoms with Crippen molar-refractivity contribution in [1.82, 2.24) is 0 Å². The highest BCUT2D eigenvalue weighted by Crippen LogP contribution is 2.40. The van der Waals surface area contributed by atoms with E-state index in [1.165, 1.54) is 32.1 Å². The Labute approximate surface area is 250 Å². The Morgan fingerprint density at radius 2 is 1.19 bits per heavy atom. The van der Waals surface area contributed by atoms with Gasteiger partial charge in [-0.1, -0.05) is 106 Å². The molecule has 42 heavy (non-hydrogen) atoms. The van der Waals surface area contributed by atoms with Crippen molar-refractivity contribution < 1.29 is 17.6 Å². The highest BCUT2D eigenvalue weighted by Gasteiger charge is 2.26. The van der Waals surface area contributed by atoms with Gasteiger partial charge in [-0.15, -0.1) is 6.58 Å². The van der Waals surface area contributed by atoms with Crippen molar-refractivity contribution >= 4 is 0 Å². The number of allylic oxidation sites excluding steroid dienone is 1. The third-order valence-electron chi connectivity index (χ3n) is 9.15. The van der Waals surface area contributed by atoms with Crippen LogP contribution in [0.5, 0.6) is 0 Å². The molecule has 0 aliphatic heterocycles. The van der Waals surface area contributed by atoms with Gasteiger partial charge in [-0.3, -0.25) is 0 Å². The van der Waals surface area contributed by atoms with Crippen LogP contribution in [0.25, 0.3) is 22.3 Å². The van der Waals surface area contributed by atoms with Crippen LogP contribution in [0.2, 0.25) is 0 Å². The fourth-order valence-electron chi connectivity index (χ4n) is 6.50. The van der Waals surface area contributed by atoms with Gasteiger partial charge in [-0.2, -0.15) is 0 Å². The first-order valence-electron chi connectivity index (χ1n) is 16.1. The molecule has 0 N–H and O–H groups in total. The Morgan fingerprint density at radius 3 is 1.79 bits per heavy atom. The van der Waals surface area contributed by atoms with Crippen molar-refractivity contribution in [3.63, 3.8) is 0 Å². The molecule has 1 aliphatic carbocycles. The summed E-state index contributed by atoms with van der Waals surface area (Å²) in [5, 5.41) is 0. The molecule has 0 radical (unpaired) electrons. The molecule has 4 heteroatoms. The number of unbranched alkanes of at least 4 members (excludes halogenated alkanes) is 7. The summed E-state index contributed by atoms with van der Waals surface area (Å²) >= 11 is 0. The molecule has 0 heterocycles. The lowest BCUT2D eigenvalue weighted by Crippen LogP contribution is -2.15. The smallest absolute Gasteiger partial charge is 0.166 e. The normalized spacial score (nSPS) is 17.0. The molecule has 0 saturated heterocycles. The lowest BCUT2D eigenvalue weighted by atomic mass is 9.77. The van der Waals surface area contributed by atoms with Crippen LogP contribution in [-0.2, 0) is 6.42 Å². The van der Waals surface area contributed by atoms with Gasteiger partial charge in [0.25, 0.3) is 0 Å².